The number of hydrogen-bond donors (Lipinski definition) is 1. The van der Waals surface area contributed by atoms with Crippen LogP contribution in [0.5, 0.6) is 0 Å². The van der Waals surface area contributed by atoms with E-state index in [9.17, 15) is 4.79 Å². The maximum absolute atomic E-state index is 12.2. The number of aliphatic hydroxyl groups is 1. The number of ketones is 1. The normalized spacial score (nSPS) is 17.1. The van der Waals surface area contributed by atoms with Gasteiger partial charge in [0.15, 0.2) is 5.78 Å². The summed E-state index contributed by atoms with van der Waals surface area (Å²) in [4.78, 5) is 16.7. The van der Waals surface area contributed by atoms with Crippen LogP contribution in [0.2, 0.25) is 5.02 Å². The molecule has 0 aromatic heterocycles. The summed E-state index contributed by atoms with van der Waals surface area (Å²) in [6.07, 6.45) is 0.487. The smallest absolute Gasteiger partial charge is 0.165 e. The Hall–Kier alpha value is -0.460. The molecule has 1 N–H and O–H groups in total. The zero-order valence-electron chi connectivity index (χ0n) is 11.9. The molecule has 2 rings (SSSR count). The van der Waals surface area contributed by atoms with E-state index in [-0.39, 0.29) is 12.4 Å². The molecule has 116 valence electrons. The van der Waals surface area contributed by atoms with Crippen LogP contribution in [0.4, 0.5) is 0 Å². The fourth-order valence-corrected chi connectivity index (χ4v) is 3.27. The highest BCUT2D eigenvalue weighted by atomic mass is 79.9. The zero-order chi connectivity index (χ0) is 15.2. The first-order chi connectivity index (χ1) is 10.1. The van der Waals surface area contributed by atoms with E-state index in [1.807, 2.05) is 6.07 Å². The lowest BCUT2D eigenvalue weighted by molar-refractivity contribution is 0.0907. The monoisotopic (exact) mass is 374 g/mol. The number of aliphatic hydroxyl groups excluding tert-OH is 1. The standard InChI is InChI=1S/C15H20BrClN2O2/c16-12-1-2-13(14(17)11-12)15(21)3-4-18-5-7-19(8-6-18)9-10-20/h1-2,11,20H,3-10H2. The second-order valence-corrected chi connectivity index (χ2v) is 6.53. The molecule has 6 heteroatoms. The van der Waals surface area contributed by atoms with Gasteiger partial charge in [-0.1, -0.05) is 27.5 Å². The van der Waals surface area contributed by atoms with E-state index in [4.69, 9.17) is 16.7 Å². The highest BCUT2D eigenvalue weighted by molar-refractivity contribution is 9.10. The fourth-order valence-electron chi connectivity index (χ4n) is 2.49. The number of nitrogens with zero attached hydrogens (tertiary/aromatic N) is 2. The van der Waals surface area contributed by atoms with Gasteiger partial charge in [-0.2, -0.15) is 0 Å². The third-order valence-corrected chi connectivity index (χ3v) is 4.57. The van der Waals surface area contributed by atoms with Gasteiger partial charge in [-0.05, 0) is 18.2 Å². The molecule has 0 saturated carbocycles. The number of carbonyl (C=O) groups is 1. The minimum absolute atomic E-state index is 0.0882. The average Bonchev–Trinajstić information content (AvgIpc) is 2.46. The van der Waals surface area contributed by atoms with Gasteiger partial charge in [-0.25, -0.2) is 0 Å². The van der Waals surface area contributed by atoms with E-state index < -0.39 is 0 Å². The van der Waals surface area contributed by atoms with Crippen molar-refractivity contribution in [2.45, 2.75) is 6.42 Å². The van der Waals surface area contributed by atoms with E-state index in [1.165, 1.54) is 0 Å². The summed E-state index contributed by atoms with van der Waals surface area (Å²) < 4.78 is 0.879. The van der Waals surface area contributed by atoms with Crippen LogP contribution in [0.3, 0.4) is 0 Å². The number of halogens is 2. The average molecular weight is 376 g/mol. The second-order valence-electron chi connectivity index (χ2n) is 5.20. The molecular formula is C15H20BrClN2O2. The maximum atomic E-state index is 12.2. The number of hydrogen-bond acceptors (Lipinski definition) is 4. The number of β-amino-alcohol motifs (C(OH)–C–C–N with tert-alkyl or cyclic N) is 1. The van der Waals surface area contributed by atoms with Gasteiger partial charge in [0.1, 0.15) is 0 Å². The molecule has 1 saturated heterocycles. The molecule has 1 aromatic rings. The predicted molar refractivity (Wildman–Crippen MR) is 88.1 cm³/mol. The van der Waals surface area contributed by atoms with Crippen molar-refractivity contribution in [1.82, 2.24) is 9.80 Å². The number of rotatable bonds is 6. The molecule has 1 heterocycles. The van der Waals surface area contributed by atoms with Crippen LogP contribution >= 0.6 is 27.5 Å². The van der Waals surface area contributed by atoms with Gasteiger partial charge in [0.2, 0.25) is 0 Å². The van der Waals surface area contributed by atoms with Crippen molar-refractivity contribution in [3.8, 4) is 0 Å². The summed E-state index contributed by atoms with van der Waals surface area (Å²) in [5.74, 6) is 0.0882. The Bertz CT molecular complexity index is 491. The van der Waals surface area contributed by atoms with Crippen molar-refractivity contribution in [2.24, 2.45) is 0 Å². The van der Waals surface area contributed by atoms with Crippen molar-refractivity contribution in [3.63, 3.8) is 0 Å². The molecule has 0 bridgehead atoms. The molecule has 0 amide bonds. The van der Waals surface area contributed by atoms with Crippen molar-refractivity contribution in [2.75, 3.05) is 45.9 Å². The number of Topliss-reactive ketones (excluding diaryl/α,β-unsaturated/α-hetero) is 1. The van der Waals surface area contributed by atoms with E-state index in [0.717, 1.165) is 43.7 Å². The topological polar surface area (TPSA) is 43.8 Å². The molecule has 0 aliphatic carbocycles. The maximum Gasteiger partial charge on any atom is 0.165 e. The van der Waals surface area contributed by atoms with E-state index >= 15 is 0 Å². The zero-order valence-corrected chi connectivity index (χ0v) is 14.2. The van der Waals surface area contributed by atoms with E-state index in [1.54, 1.807) is 12.1 Å². The molecule has 1 aliphatic heterocycles. The van der Waals surface area contributed by atoms with Gasteiger partial charge in [0, 0.05) is 55.7 Å². The van der Waals surface area contributed by atoms with Gasteiger partial charge in [0.25, 0.3) is 0 Å². The first-order valence-corrected chi connectivity index (χ1v) is 8.31. The van der Waals surface area contributed by atoms with Crippen LogP contribution in [-0.2, 0) is 0 Å². The highest BCUT2D eigenvalue weighted by Crippen LogP contribution is 2.22. The van der Waals surface area contributed by atoms with Gasteiger partial charge < -0.3 is 10.0 Å². The summed E-state index contributed by atoms with van der Waals surface area (Å²) in [6.45, 7) is 5.50. The molecule has 0 atom stereocenters. The van der Waals surface area contributed by atoms with Crippen LogP contribution < -0.4 is 0 Å². The first-order valence-electron chi connectivity index (χ1n) is 7.14. The minimum Gasteiger partial charge on any atom is -0.395 e. The lowest BCUT2D eigenvalue weighted by atomic mass is 10.1. The molecule has 4 nitrogen and oxygen atoms in total. The SMILES string of the molecule is O=C(CCN1CCN(CCO)CC1)c1ccc(Br)cc1Cl. The number of piperazine rings is 1. The Morgan fingerprint density at radius 1 is 1.19 bits per heavy atom. The van der Waals surface area contributed by atoms with Gasteiger partial charge in [-0.3, -0.25) is 9.69 Å². The van der Waals surface area contributed by atoms with Crippen molar-refractivity contribution < 1.29 is 9.90 Å². The van der Waals surface area contributed by atoms with Crippen LogP contribution in [0.15, 0.2) is 22.7 Å². The molecule has 0 unspecified atom stereocenters. The van der Waals surface area contributed by atoms with Crippen molar-refractivity contribution in [1.29, 1.82) is 0 Å². The summed E-state index contributed by atoms with van der Waals surface area (Å²) in [6, 6.07) is 5.36. The fraction of sp³-hybridized carbons (Fsp3) is 0.533. The number of benzene rings is 1. The highest BCUT2D eigenvalue weighted by Gasteiger charge is 2.18. The molecule has 21 heavy (non-hydrogen) atoms. The summed E-state index contributed by atoms with van der Waals surface area (Å²) in [7, 11) is 0. The van der Waals surface area contributed by atoms with Gasteiger partial charge >= 0.3 is 0 Å². The molecule has 1 aromatic carbocycles. The third-order valence-electron chi connectivity index (χ3n) is 3.77. The Morgan fingerprint density at radius 2 is 1.81 bits per heavy atom. The van der Waals surface area contributed by atoms with Crippen LogP contribution in [0.1, 0.15) is 16.8 Å². The molecular weight excluding hydrogens is 356 g/mol. The van der Waals surface area contributed by atoms with E-state index in [0.29, 0.717) is 17.0 Å². The Kier molecular flexibility index (Phi) is 6.64. The molecule has 0 radical (unpaired) electrons. The lowest BCUT2D eigenvalue weighted by Crippen LogP contribution is -2.47. The molecule has 1 fully saturated rings. The Labute approximate surface area is 138 Å². The Morgan fingerprint density at radius 3 is 2.38 bits per heavy atom. The van der Waals surface area contributed by atoms with E-state index in [2.05, 4.69) is 25.7 Å². The predicted octanol–water partition coefficient (Wildman–Crippen LogP) is 2.29. The lowest BCUT2D eigenvalue weighted by Gasteiger charge is -2.34. The summed E-state index contributed by atoms with van der Waals surface area (Å²) in [5.41, 5.74) is 0.596. The molecule has 0 spiro atoms. The third kappa shape index (κ3) is 5.04. The second kappa shape index (κ2) is 8.25. The van der Waals surface area contributed by atoms with Crippen LogP contribution in [-0.4, -0.2) is 66.6 Å². The van der Waals surface area contributed by atoms with Crippen LogP contribution in [0.25, 0.3) is 0 Å². The minimum atomic E-state index is 0.0882. The quantitative estimate of drug-likeness (QED) is 0.775. The summed E-state index contributed by atoms with van der Waals surface area (Å²) >= 11 is 9.44. The Balaban J connectivity index is 1.79. The van der Waals surface area contributed by atoms with Crippen molar-refractivity contribution >= 4 is 33.3 Å². The van der Waals surface area contributed by atoms with Crippen molar-refractivity contribution in [3.05, 3.63) is 33.3 Å². The number of carbonyl (C=O) groups excluding carboxylic acids is 1. The van der Waals surface area contributed by atoms with Gasteiger partial charge in [0.05, 0.1) is 11.6 Å². The molecule has 1 aliphatic rings. The largest absolute Gasteiger partial charge is 0.395 e. The summed E-state index contributed by atoms with van der Waals surface area (Å²) in [5, 5.41) is 9.42. The first kappa shape index (κ1) is 16.9. The van der Waals surface area contributed by atoms with Gasteiger partial charge in [-0.15, -0.1) is 0 Å². The van der Waals surface area contributed by atoms with Crippen LogP contribution in [0, 0.1) is 0 Å².